The fraction of sp³-hybridized carbons (Fsp3) is 1.00. The van der Waals surface area contributed by atoms with Crippen LogP contribution in [0.25, 0.3) is 0 Å². The van der Waals surface area contributed by atoms with Gasteiger partial charge in [0, 0.05) is 4.48 Å². The zero-order chi connectivity index (χ0) is 7.24. The summed E-state index contributed by atoms with van der Waals surface area (Å²) in [6.07, 6.45) is 0. The molecule has 0 N–H and O–H groups in total. The van der Waals surface area contributed by atoms with Crippen LogP contribution >= 0.6 is 0 Å². The number of piperazine rings is 1. The first-order valence-corrected chi connectivity index (χ1v) is 4.09. The minimum atomic E-state index is -0.145. The van der Waals surface area contributed by atoms with E-state index < -0.39 is 0 Å². The molecule has 2 fully saturated rings. The number of hydrogen-bond acceptors (Lipinski definition) is 0. The number of halogens is 1. The molecule has 0 aromatic carbocycles. The predicted molar refractivity (Wildman–Crippen MR) is 36.5 cm³/mol. The molecule has 0 aliphatic carbocycles. The second-order valence-corrected chi connectivity index (χ2v) is 3.72. The van der Waals surface area contributed by atoms with Gasteiger partial charge in [0.05, 0.1) is 6.54 Å². The molecule has 0 unspecified atom stereocenters. The van der Waals surface area contributed by atoms with E-state index in [1.807, 2.05) is 0 Å². The predicted octanol–water partition coefficient (Wildman–Crippen LogP) is 0.509. The summed E-state index contributed by atoms with van der Waals surface area (Å²) in [6, 6.07) is 0. The summed E-state index contributed by atoms with van der Waals surface area (Å²) in [7, 11) is 0. The largest absolute Gasteiger partial charge is 0.265 e. The zero-order valence-corrected chi connectivity index (χ0v) is 6.52. The smallest absolute Gasteiger partial charge is 0.243 e. The Morgan fingerprint density at radius 3 is 2.00 bits per heavy atom. The Hall–Kier alpha value is -0.150. The van der Waals surface area contributed by atoms with E-state index in [1.54, 1.807) is 0 Å². The van der Waals surface area contributed by atoms with Crippen LogP contribution in [0.15, 0.2) is 0 Å². The molecule has 2 heterocycles. The van der Waals surface area contributed by atoms with E-state index in [9.17, 15) is 4.48 Å². The third-order valence-corrected chi connectivity index (χ3v) is 3.17. The summed E-state index contributed by atoms with van der Waals surface area (Å²) in [4.78, 5) is 0. The van der Waals surface area contributed by atoms with Crippen LogP contribution in [0.4, 0.5) is 4.48 Å². The van der Waals surface area contributed by atoms with E-state index in [0.29, 0.717) is 0 Å². The molecule has 2 nitrogen and oxygen atoms in total. The first-order chi connectivity index (χ1) is 4.68. The van der Waals surface area contributed by atoms with Crippen LogP contribution in [0, 0.1) is 0 Å². The fourth-order valence-electron chi connectivity index (χ4n) is 2.24. The minimum absolute atomic E-state index is 0.145. The van der Waals surface area contributed by atoms with Gasteiger partial charge < -0.3 is 0 Å². The van der Waals surface area contributed by atoms with Crippen LogP contribution in [-0.4, -0.2) is 48.6 Å². The molecule has 0 saturated carbocycles. The van der Waals surface area contributed by atoms with Gasteiger partial charge in [0.1, 0.15) is 13.1 Å². The molecular weight excluding hydrogens is 131 g/mol. The first kappa shape index (κ1) is 6.55. The Morgan fingerprint density at radius 1 is 1.20 bits per heavy atom. The van der Waals surface area contributed by atoms with Crippen molar-refractivity contribution >= 4 is 0 Å². The molecule has 0 radical (unpaired) electrons. The second-order valence-electron chi connectivity index (χ2n) is 3.72. The minimum Gasteiger partial charge on any atom is -0.265 e. The quantitative estimate of drug-likeness (QED) is 0.373. The number of nitrogens with zero attached hydrogens (tertiary/aromatic N) is 2. The Labute approximate surface area is 61.0 Å². The van der Waals surface area contributed by atoms with E-state index in [0.717, 1.165) is 43.9 Å². The Kier molecular flexibility index (Phi) is 1.12. The highest BCUT2D eigenvalue weighted by Gasteiger charge is 2.56. The highest BCUT2D eigenvalue weighted by molar-refractivity contribution is 4.53. The van der Waals surface area contributed by atoms with Crippen molar-refractivity contribution in [3.63, 3.8) is 0 Å². The standard InChI is InChI=1S/C7H15FN2/c1-2-9-3-5-10(8,7-9)6-4-9/h2-7H2,1H3/q+2. The lowest BCUT2D eigenvalue weighted by Gasteiger charge is -2.23. The second kappa shape index (κ2) is 1.71. The van der Waals surface area contributed by atoms with E-state index in [2.05, 4.69) is 6.92 Å². The van der Waals surface area contributed by atoms with E-state index in [4.69, 9.17) is 0 Å². The summed E-state index contributed by atoms with van der Waals surface area (Å²) in [6.45, 7) is 7.67. The summed E-state index contributed by atoms with van der Waals surface area (Å²) in [5.74, 6) is 0. The van der Waals surface area contributed by atoms with Gasteiger partial charge in [-0.2, -0.15) is 0 Å². The SMILES string of the molecule is CC[N+]12CC[N+](F)(CC1)C2. The third kappa shape index (κ3) is 0.705. The lowest BCUT2D eigenvalue weighted by molar-refractivity contribution is -1.07. The molecule has 0 aromatic heterocycles. The summed E-state index contributed by atoms with van der Waals surface area (Å²) >= 11 is 0. The van der Waals surface area contributed by atoms with Gasteiger partial charge in [-0.25, -0.2) is 0 Å². The van der Waals surface area contributed by atoms with Crippen molar-refractivity contribution in [2.45, 2.75) is 6.92 Å². The fourth-order valence-corrected chi connectivity index (χ4v) is 2.24. The third-order valence-electron chi connectivity index (χ3n) is 3.17. The van der Waals surface area contributed by atoms with Gasteiger partial charge in [-0.3, -0.25) is 4.48 Å². The summed E-state index contributed by atoms with van der Waals surface area (Å²) < 4.78 is 14.3. The molecule has 2 saturated heterocycles. The van der Waals surface area contributed by atoms with Crippen LogP contribution in [0.3, 0.4) is 0 Å². The van der Waals surface area contributed by atoms with Crippen molar-refractivity contribution in [3.05, 3.63) is 0 Å². The van der Waals surface area contributed by atoms with Gasteiger partial charge in [-0.15, -0.1) is 0 Å². The van der Waals surface area contributed by atoms with Crippen LogP contribution in [0.1, 0.15) is 6.92 Å². The maximum atomic E-state index is 13.4. The van der Waals surface area contributed by atoms with Crippen molar-refractivity contribution in [1.82, 2.24) is 0 Å². The number of rotatable bonds is 1. The number of hydrogen-bond donors (Lipinski definition) is 0. The lowest BCUT2D eigenvalue weighted by atomic mass is 10.3. The molecule has 2 bridgehead atoms. The average molecular weight is 146 g/mol. The van der Waals surface area contributed by atoms with Crippen molar-refractivity contribution in [1.29, 1.82) is 0 Å². The number of likely N-dealkylation sites (N-methyl/N-ethyl adjacent to an activating group) is 1. The van der Waals surface area contributed by atoms with E-state index >= 15 is 0 Å². The molecule has 0 amide bonds. The number of quaternary nitrogens is 2. The van der Waals surface area contributed by atoms with Crippen molar-refractivity contribution in [2.24, 2.45) is 0 Å². The maximum absolute atomic E-state index is 13.4. The molecule has 0 aromatic rings. The van der Waals surface area contributed by atoms with Crippen LogP contribution < -0.4 is 0 Å². The average Bonchev–Trinajstić information content (AvgIpc) is 2.42. The number of fused-ring (bicyclic) bond motifs is 2. The van der Waals surface area contributed by atoms with Crippen LogP contribution in [0.5, 0.6) is 0 Å². The van der Waals surface area contributed by atoms with E-state index in [1.165, 1.54) is 0 Å². The first-order valence-electron chi connectivity index (χ1n) is 4.09. The molecule has 10 heavy (non-hydrogen) atoms. The van der Waals surface area contributed by atoms with Gasteiger partial charge in [-0.1, -0.05) is 4.71 Å². The Bertz CT molecular complexity index is 150. The lowest BCUT2D eigenvalue weighted by Crippen LogP contribution is -2.45. The van der Waals surface area contributed by atoms with Gasteiger partial charge >= 0.3 is 0 Å². The maximum Gasteiger partial charge on any atom is 0.243 e. The van der Waals surface area contributed by atoms with Crippen molar-refractivity contribution < 1.29 is 13.7 Å². The highest BCUT2D eigenvalue weighted by Crippen LogP contribution is 2.31. The molecule has 3 heteroatoms. The zero-order valence-electron chi connectivity index (χ0n) is 6.52. The summed E-state index contributed by atoms with van der Waals surface area (Å²) in [5, 5.41) is 0. The van der Waals surface area contributed by atoms with E-state index in [-0.39, 0.29) is 4.71 Å². The Morgan fingerprint density at radius 2 is 1.80 bits per heavy atom. The highest BCUT2D eigenvalue weighted by atomic mass is 19.2. The molecule has 0 spiro atoms. The van der Waals surface area contributed by atoms with Crippen molar-refractivity contribution in [2.75, 3.05) is 39.4 Å². The Balaban J connectivity index is 2.19. The molecule has 2 aliphatic rings. The van der Waals surface area contributed by atoms with Gasteiger partial charge in [0.25, 0.3) is 0 Å². The van der Waals surface area contributed by atoms with Crippen LogP contribution in [-0.2, 0) is 0 Å². The van der Waals surface area contributed by atoms with Gasteiger partial charge in [0.2, 0.25) is 6.67 Å². The molecular formula is C7H15FN2+2. The van der Waals surface area contributed by atoms with Gasteiger partial charge in [0.15, 0.2) is 13.1 Å². The summed E-state index contributed by atoms with van der Waals surface area (Å²) in [5.41, 5.74) is 0. The monoisotopic (exact) mass is 146 g/mol. The molecule has 2 aliphatic heterocycles. The molecule has 0 atom stereocenters. The van der Waals surface area contributed by atoms with Gasteiger partial charge in [-0.05, 0) is 6.92 Å². The normalized spacial score (nSPS) is 52.2. The topological polar surface area (TPSA) is 0 Å². The molecule has 2 rings (SSSR count). The van der Waals surface area contributed by atoms with Crippen LogP contribution in [0.2, 0.25) is 0 Å². The molecule has 58 valence electrons. The van der Waals surface area contributed by atoms with Crippen molar-refractivity contribution in [3.8, 4) is 0 Å².